The Morgan fingerprint density at radius 3 is 2.22 bits per heavy atom. The van der Waals surface area contributed by atoms with Crippen molar-refractivity contribution in [3.8, 4) is 6.07 Å². The fourth-order valence-electron chi connectivity index (χ4n) is 4.08. The number of anilines is 2. The third-order valence-electron chi connectivity index (χ3n) is 5.97. The van der Waals surface area contributed by atoms with Crippen LogP contribution in [0.3, 0.4) is 0 Å². The van der Waals surface area contributed by atoms with Gasteiger partial charge in [-0.05, 0) is 61.0 Å². The van der Waals surface area contributed by atoms with Crippen molar-refractivity contribution >= 4 is 39.1 Å². The highest BCUT2D eigenvalue weighted by Crippen LogP contribution is 2.31. The summed E-state index contributed by atoms with van der Waals surface area (Å²) < 4.78 is 28.7. The number of carbonyl (C=O) groups is 3. The van der Waals surface area contributed by atoms with E-state index in [0.29, 0.717) is 16.8 Å². The summed E-state index contributed by atoms with van der Waals surface area (Å²) in [5.74, 6) is -1.50. The highest BCUT2D eigenvalue weighted by Gasteiger charge is 2.47. The van der Waals surface area contributed by atoms with Gasteiger partial charge in [0, 0.05) is 19.2 Å². The number of benzene rings is 3. The predicted molar refractivity (Wildman–Crippen MR) is 137 cm³/mol. The highest BCUT2D eigenvalue weighted by atomic mass is 32.2. The van der Waals surface area contributed by atoms with Crippen molar-refractivity contribution in [1.82, 2.24) is 4.31 Å². The van der Waals surface area contributed by atoms with Crippen LogP contribution < -0.4 is 10.2 Å². The SMILES string of the molecule is CC(=O)Nc1ccc(S(=O)(=O)N(Cc2ccc(C)cc2)C2CC(=O)N(c3ccc(C#N)cc3)C2=O)cc1. The summed E-state index contributed by atoms with van der Waals surface area (Å²) >= 11 is 0. The number of carbonyl (C=O) groups excluding carboxylic acids is 3. The molecule has 1 N–H and O–H groups in total. The first-order valence-corrected chi connectivity index (χ1v) is 12.9. The first-order chi connectivity index (χ1) is 17.6. The summed E-state index contributed by atoms with van der Waals surface area (Å²) in [6.45, 7) is 3.13. The van der Waals surface area contributed by atoms with E-state index < -0.39 is 27.9 Å². The second-order valence-corrected chi connectivity index (χ2v) is 10.6. The van der Waals surface area contributed by atoms with E-state index in [-0.39, 0.29) is 29.5 Å². The van der Waals surface area contributed by atoms with Crippen LogP contribution in [0.2, 0.25) is 0 Å². The smallest absolute Gasteiger partial charge is 0.252 e. The van der Waals surface area contributed by atoms with Gasteiger partial charge in [-0.2, -0.15) is 9.57 Å². The van der Waals surface area contributed by atoms with Crippen LogP contribution in [0.4, 0.5) is 11.4 Å². The number of rotatable bonds is 7. The van der Waals surface area contributed by atoms with Gasteiger partial charge in [0.05, 0.1) is 28.6 Å². The van der Waals surface area contributed by atoms with Crippen LogP contribution in [-0.2, 0) is 31.0 Å². The Kier molecular flexibility index (Phi) is 7.20. The third kappa shape index (κ3) is 5.43. The molecule has 0 radical (unpaired) electrons. The molecule has 1 unspecified atom stereocenters. The quantitative estimate of drug-likeness (QED) is 0.480. The van der Waals surface area contributed by atoms with E-state index in [1.807, 2.05) is 25.1 Å². The van der Waals surface area contributed by atoms with Crippen molar-refractivity contribution in [2.75, 3.05) is 10.2 Å². The fraction of sp³-hybridized carbons (Fsp3) is 0.185. The number of sulfonamides is 1. The molecular formula is C27H24N4O5S. The van der Waals surface area contributed by atoms with Crippen molar-refractivity contribution in [3.63, 3.8) is 0 Å². The van der Waals surface area contributed by atoms with Crippen molar-refractivity contribution in [3.05, 3.63) is 89.5 Å². The van der Waals surface area contributed by atoms with Crippen LogP contribution in [0, 0.1) is 18.3 Å². The predicted octanol–water partition coefficient (Wildman–Crippen LogP) is 3.35. The molecule has 37 heavy (non-hydrogen) atoms. The van der Waals surface area contributed by atoms with Gasteiger partial charge in [-0.15, -0.1) is 0 Å². The number of nitriles is 1. The van der Waals surface area contributed by atoms with Gasteiger partial charge < -0.3 is 5.32 Å². The van der Waals surface area contributed by atoms with Crippen LogP contribution in [0.15, 0.2) is 77.7 Å². The molecule has 3 amide bonds. The molecule has 1 aliphatic rings. The summed E-state index contributed by atoms with van der Waals surface area (Å²) in [6.07, 6.45) is -0.325. The van der Waals surface area contributed by atoms with E-state index >= 15 is 0 Å². The Balaban J connectivity index is 1.72. The first kappa shape index (κ1) is 25.8. The minimum absolute atomic E-state index is 0.0780. The van der Waals surface area contributed by atoms with Crippen LogP contribution >= 0.6 is 0 Å². The van der Waals surface area contributed by atoms with Gasteiger partial charge in [0.25, 0.3) is 5.91 Å². The van der Waals surface area contributed by atoms with Crippen molar-refractivity contribution < 1.29 is 22.8 Å². The molecule has 4 rings (SSSR count). The zero-order valence-corrected chi connectivity index (χ0v) is 21.0. The van der Waals surface area contributed by atoms with Gasteiger partial charge in [0.15, 0.2) is 0 Å². The number of amides is 3. The van der Waals surface area contributed by atoms with Crippen LogP contribution in [0.5, 0.6) is 0 Å². The molecule has 10 heteroatoms. The van der Waals surface area contributed by atoms with Gasteiger partial charge in [0.1, 0.15) is 6.04 Å². The Labute approximate surface area is 215 Å². The topological polar surface area (TPSA) is 128 Å². The summed E-state index contributed by atoms with van der Waals surface area (Å²) in [5.41, 5.74) is 2.71. The molecule has 188 valence electrons. The highest BCUT2D eigenvalue weighted by molar-refractivity contribution is 7.89. The molecule has 1 atom stereocenters. The molecule has 0 aliphatic carbocycles. The van der Waals surface area contributed by atoms with E-state index in [2.05, 4.69) is 5.32 Å². The molecule has 1 aliphatic heterocycles. The average molecular weight is 517 g/mol. The lowest BCUT2D eigenvalue weighted by Gasteiger charge is -2.27. The Morgan fingerprint density at radius 1 is 1.03 bits per heavy atom. The molecule has 3 aromatic carbocycles. The van der Waals surface area contributed by atoms with Crippen LogP contribution in [0.1, 0.15) is 30.0 Å². The van der Waals surface area contributed by atoms with Gasteiger partial charge in [0.2, 0.25) is 21.8 Å². The monoisotopic (exact) mass is 516 g/mol. The van der Waals surface area contributed by atoms with Crippen LogP contribution in [0.25, 0.3) is 0 Å². The first-order valence-electron chi connectivity index (χ1n) is 11.4. The molecule has 3 aromatic rings. The second kappa shape index (κ2) is 10.3. The maximum atomic E-state index is 13.8. The van der Waals surface area contributed by atoms with Crippen molar-refractivity contribution in [2.24, 2.45) is 0 Å². The minimum Gasteiger partial charge on any atom is -0.326 e. The molecule has 0 bridgehead atoms. The Hall–Kier alpha value is -4.33. The number of imide groups is 1. The van der Waals surface area contributed by atoms with Gasteiger partial charge >= 0.3 is 0 Å². The molecule has 1 saturated heterocycles. The maximum absolute atomic E-state index is 13.8. The van der Waals surface area contributed by atoms with Gasteiger partial charge in [-0.3, -0.25) is 14.4 Å². The number of nitrogens with one attached hydrogen (secondary N) is 1. The van der Waals surface area contributed by atoms with Crippen molar-refractivity contribution in [1.29, 1.82) is 5.26 Å². The molecule has 1 heterocycles. The largest absolute Gasteiger partial charge is 0.326 e. The number of hydrogen-bond acceptors (Lipinski definition) is 6. The van der Waals surface area contributed by atoms with E-state index in [1.165, 1.54) is 55.5 Å². The van der Waals surface area contributed by atoms with Crippen molar-refractivity contribution in [2.45, 2.75) is 37.8 Å². The molecule has 0 aromatic heterocycles. The summed E-state index contributed by atoms with van der Waals surface area (Å²) in [7, 11) is -4.23. The minimum atomic E-state index is -4.23. The molecule has 9 nitrogen and oxygen atoms in total. The lowest BCUT2D eigenvalue weighted by Crippen LogP contribution is -2.45. The molecule has 0 saturated carbocycles. The Bertz CT molecular complexity index is 1490. The lowest BCUT2D eigenvalue weighted by atomic mass is 10.1. The summed E-state index contributed by atoms with van der Waals surface area (Å²) in [5, 5.41) is 11.6. The van der Waals surface area contributed by atoms with Gasteiger partial charge in [-0.25, -0.2) is 13.3 Å². The van der Waals surface area contributed by atoms with E-state index in [1.54, 1.807) is 12.1 Å². The van der Waals surface area contributed by atoms with E-state index in [9.17, 15) is 22.8 Å². The molecule has 0 spiro atoms. The maximum Gasteiger partial charge on any atom is 0.252 e. The number of aryl methyl sites for hydroxylation is 1. The summed E-state index contributed by atoms with van der Waals surface area (Å²) in [4.78, 5) is 38.6. The van der Waals surface area contributed by atoms with Gasteiger partial charge in [-0.1, -0.05) is 29.8 Å². The third-order valence-corrected chi connectivity index (χ3v) is 7.83. The molecule has 1 fully saturated rings. The fourth-order valence-corrected chi connectivity index (χ4v) is 5.65. The number of nitrogens with zero attached hydrogens (tertiary/aromatic N) is 3. The zero-order chi connectivity index (χ0) is 26.7. The zero-order valence-electron chi connectivity index (χ0n) is 20.2. The average Bonchev–Trinajstić information content (AvgIpc) is 3.16. The number of hydrogen-bond donors (Lipinski definition) is 1. The van der Waals surface area contributed by atoms with E-state index in [4.69, 9.17) is 5.26 Å². The summed E-state index contributed by atoms with van der Waals surface area (Å²) in [6, 6.07) is 19.5. The van der Waals surface area contributed by atoms with Crippen LogP contribution in [-0.4, -0.2) is 36.5 Å². The Morgan fingerprint density at radius 2 is 1.65 bits per heavy atom. The normalized spacial score (nSPS) is 15.6. The second-order valence-electron chi connectivity index (χ2n) is 8.69. The standard InChI is InChI=1S/C27H24N4O5S/c1-18-3-5-21(6-4-18)17-30(37(35,36)24-13-9-22(10-14-24)29-19(2)32)25-15-26(33)31(27(25)34)23-11-7-20(16-28)8-12-23/h3-14,25H,15,17H2,1-2H3,(H,29,32). The lowest BCUT2D eigenvalue weighted by molar-refractivity contribution is -0.122. The molecular weight excluding hydrogens is 492 g/mol. The van der Waals surface area contributed by atoms with E-state index in [0.717, 1.165) is 14.8 Å².